The van der Waals surface area contributed by atoms with Crippen molar-refractivity contribution in [3.8, 4) is 0 Å². The maximum Gasteiger partial charge on any atom is 0.326 e. The molecule has 0 aromatic rings. The van der Waals surface area contributed by atoms with Crippen molar-refractivity contribution in [3.63, 3.8) is 0 Å². The van der Waals surface area contributed by atoms with E-state index in [1.165, 1.54) is 4.90 Å². The monoisotopic (exact) mass is 242 g/mol. The first kappa shape index (κ1) is 15.5. The van der Waals surface area contributed by atoms with Gasteiger partial charge in [0.15, 0.2) is 0 Å². The number of urea groups is 1. The van der Waals surface area contributed by atoms with Crippen LogP contribution in [0, 0.1) is 5.92 Å². The summed E-state index contributed by atoms with van der Waals surface area (Å²) in [5.41, 5.74) is 0. The first-order valence-electron chi connectivity index (χ1n) is 5.75. The van der Waals surface area contributed by atoms with E-state index in [2.05, 4.69) is 11.9 Å². The van der Waals surface area contributed by atoms with Gasteiger partial charge in [-0.2, -0.15) is 0 Å². The largest absolute Gasteiger partial charge is 0.480 e. The Morgan fingerprint density at radius 1 is 1.47 bits per heavy atom. The summed E-state index contributed by atoms with van der Waals surface area (Å²) < 4.78 is 0. The maximum absolute atomic E-state index is 11.7. The Balaban J connectivity index is 4.21. The minimum Gasteiger partial charge on any atom is -0.480 e. The lowest BCUT2D eigenvalue weighted by Crippen LogP contribution is -2.49. The molecule has 0 saturated heterocycles. The molecule has 0 fully saturated rings. The molecule has 0 aliphatic heterocycles. The summed E-state index contributed by atoms with van der Waals surface area (Å²) in [7, 11) is 1.65. The molecule has 0 aliphatic rings. The van der Waals surface area contributed by atoms with Crippen LogP contribution in [-0.4, -0.2) is 41.6 Å². The number of unbranched alkanes of at least 4 members (excludes halogenated alkanes) is 1. The van der Waals surface area contributed by atoms with E-state index in [9.17, 15) is 9.59 Å². The van der Waals surface area contributed by atoms with Gasteiger partial charge < -0.3 is 15.3 Å². The molecule has 5 heteroatoms. The highest BCUT2D eigenvalue weighted by Gasteiger charge is 2.24. The lowest BCUT2D eigenvalue weighted by molar-refractivity contribution is -0.140. The van der Waals surface area contributed by atoms with E-state index in [1.54, 1.807) is 27.0 Å². The molecule has 5 nitrogen and oxygen atoms in total. The zero-order chi connectivity index (χ0) is 13.4. The lowest BCUT2D eigenvalue weighted by Gasteiger charge is -2.23. The van der Waals surface area contributed by atoms with E-state index in [0.29, 0.717) is 6.54 Å². The summed E-state index contributed by atoms with van der Waals surface area (Å²) in [5.74, 6) is -1.15. The molecule has 0 saturated carbocycles. The van der Waals surface area contributed by atoms with E-state index in [1.807, 2.05) is 0 Å². The number of aliphatic carboxylic acids is 1. The highest BCUT2D eigenvalue weighted by molar-refractivity contribution is 5.82. The number of carbonyl (C=O) groups is 2. The molecule has 0 heterocycles. The first-order chi connectivity index (χ1) is 7.90. The van der Waals surface area contributed by atoms with E-state index >= 15 is 0 Å². The predicted octanol–water partition coefficient (Wildman–Crippen LogP) is 1.70. The van der Waals surface area contributed by atoms with Crippen LogP contribution in [-0.2, 0) is 4.79 Å². The third-order valence-corrected chi connectivity index (χ3v) is 2.46. The van der Waals surface area contributed by atoms with Gasteiger partial charge in [0.2, 0.25) is 0 Å². The Hall–Kier alpha value is -1.52. The van der Waals surface area contributed by atoms with Gasteiger partial charge >= 0.3 is 12.0 Å². The molecule has 0 radical (unpaired) electrons. The zero-order valence-electron chi connectivity index (χ0n) is 10.8. The summed E-state index contributed by atoms with van der Waals surface area (Å²) in [6.45, 7) is 7.71. The highest BCUT2D eigenvalue weighted by atomic mass is 16.4. The Morgan fingerprint density at radius 3 is 2.47 bits per heavy atom. The topological polar surface area (TPSA) is 69.6 Å². The molecule has 0 aromatic carbocycles. The fraction of sp³-hybridized carbons (Fsp3) is 0.667. The van der Waals surface area contributed by atoms with Crippen molar-refractivity contribution in [3.05, 3.63) is 12.7 Å². The Morgan fingerprint density at radius 2 is 2.06 bits per heavy atom. The Bertz CT molecular complexity index is 277. The van der Waals surface area contributed by atoms with Crippen LogP contribution >= 0.6 is 0 Å². The average Bonchev–Trinajstić information content (AvgIpc) is 2.24. The van der Waals surface area contributed by atoms with Gasteiger partial charge in [-0.3, -0.25) is 0 Å². The molecule has 17 heavy (non-hydrogen) atoms. The zero-order valence-corrected chi connectivity index (χ0v) is 10.8. The molecular formula is C12H22N2O3. The molecule has 98 valence electrons. The normalized spacial score (nSPS) is 12.0. The van der Waals surface area contributed by atoms with Gasteiger partial charge in [0, 0.05) is 13.6 Å². The van der Waals surface area contributed by atoms with Crippen LogP contribution < -0.4 is 5.32 Å². The van der Waals surface area contributed by atoms with Crippen molar-refractivity contribution in [2.45, 2.75) is 32.7 Å². The molecule has 0 aromatic heterocycles. The van der Waals surface area contributed by atoms with Gasteiger partial charge in [-0.05, 0) is 18.8 Å². The number of nitrogens with zero attached hydrogens (tertiary/aromatic N) is 1. The SMILES string of the molecule is C=CCCCN(C)C(=O)N[C@@H](C(=O)O)C(C)C. The number of carboxylic acids is 1. The van der Waals surface area contributed by atoms with Crippen LogP contribution in [0.1, 0.15) is 26.7 Å². The van der Waals surface area contributed by atoms with E-state index in [-0.39, 0.29) is 11.9 Å². The third kappa shape index (κ3) is 5.94. The van der Waals surface area contributed by atoms with Crippen molar-refractivity contribution < 1.29 is 14.7 Å². The Labute approximate surface area is 102 Å². The fourth-order valence-corrected chi connectivity index (χ4v) is 1.33. The molecule has 0 aliphatic carbocycles. The quantitative estimate of drug-likeness (QED) is 0.527. The number of amides is 2. The number of allylic oxidation sites excluding steroid dienone is 1. The molecule has 0 rings (SSSR count). The smallest absolute Gasteiger partial charge is 0.326 e. The van der Waals surface area contributed by atoms with Crippen molar-refractivity contribution >= 4 is 12.0 Å². The second-order valence-corrected chi connectivity index (χ2v) is 4.36. The number of carboxylic acid groups (broad SMARTS) is 1. The molecule has 2 amide bonds. The summed E-state index contributed by atoms with van der Waals surface area (Å²) >= 11 is 0. The van der Waals surface area contributed by atoms with Gasteiger partial charge in [0.25, 0.3) is 0 Å². The number of hydrogen-bond acceptors (Lipinski definition) is 2. The lowest BCUT2D eigenvalue weighted by atomic mass is 10.1. The Kier molecular flexibility index (Phi) is 7.02. The molecular weight excluding hydrogens is 220 g/mol. The van der Waals surface area contributed by atoms with Gasteiger partial charge in [-0.1, -0.05) is 19.9 Å². The van der Waals surface area contributed by atoms with Gasteiger partial charge in [-0.15, -0.1) is 6.58 Å². The number of hydrogen-bond donors (Lipinski definition) is 2. The fourth-order valence-electron chi connectivity index (χ4n) is 1.33. The van der Waals surface area contributed by atoms with Crippen molar-refractivity contribution in [1.82, 2.24) is 10.2 Å². The van der Waals surface area contributed by atoms with E-state index in [0.717, 1.165) is 12.8 Å². The second kappa shape index (κ2) is 7.70. The van der Waals surface area contributed by atoms with Crippen LogP contribution in [0.2, 0.25) is 0 Å². The van der Waals surface area contributed by atoms with Crippen LogP contribution in [0.4, 0.5) is 4.79 Å². The van der Waals surface area contributed by atoms with Gasteiger partial charge in [0.1, 0.15) is 6.04 Å². The average molecular weight is 242 g/mol. The first-order valence-corrected chi connectivity index (χ1v) is 5.75. The standard InChI is InChI=1S/C12H22N2O3/c1-5-6-7-8-14(4)12(17)13-10(9(2)3)11(15)16/h5,9-10H,1,6-8H2,2-4H3,(H,13,17)(H,15,16)/t10-/m1/s1. The molecule has 0 unspecified atom stereocenters. The van der Waals surface area contributed by atoms with Gasteiger partial charge in [0.05, 0.1) is 0 Å². The molecule has 1 atom stereocenters. The summed E-state index contributed by atoms with van der Waals surface area (Å²) in [5, 5.41) is 11.4. The van der Waals surface area contributed by atoms with Crippen LogP contribution in [0.25, 0.3) is 0 Å². The number of carbonyl (C=O) groups excluding carboxylic acids is 1. The van der Waals surface area contributed by atoms with Crippen LogP contribution in [0.5, 0.6) is 0 Å². The van der Waals surface area contributed by atoms with Crippen molar-refractivity contribution in [2.75, 3.05) is 13.6 Å². The van der Waals surface area contributed by atoms with Crippen LogP contribution in [0.15, 0.2) is 12.7 Å². The number of rotatable bonds is 7. The van der Waals surface area contributed by atoms with Crippen molar-refractivity contribution in [1.29, 1.82) is 0 Å². The third-order valence-electron chi connectivity index (χ3n) is 2.46. The molecule has 2 N–H and O–H groups in total. The highest BCUT2D eigenvalue weighted by Crippen LogP contribution is 2.03. The predicted molar refractivity (Wildman–Crippen MR) is 66.9 cm³/mol. The minimum atomic E-state index is -1.01. The minimum absolute atomic E-state index is 0.141. The summed E-state index contributed by atoms with van der Waals surface area (Å²) in [6, 6.07) is -1.19. The molecule has 0 spiro atoms. The van der Waals surface area contributed by atoms with E-state index < -0.39 is 12.0 Å². The maximum atomic E-state index is 11.7. The molecule has 0 bridgehead atoms. The van der Waals surface area contributed by atoms with Gasteiger partial charge in [-0.25, -0.2) is 9.59 Å². The summed E-state index contributed by atoms with van der Waals surface area (Å²) in [4.78, 5) is 24.1. The van der Waals surface area contributed by atoms with Crippen LogP contribution in [0.3, 0.4) is 0 Å². The number of nitrogens with one attached hydrogen (secondary N) is 1. The summed E-state index contributed by atoms with van der Waals surface area (Å²) in [6.07, 6.45) is 3.46. The second-order valence-electron chi connectivity index (χ2n) is 4.36. The van der Waals surface area contributed by atoms with Crippen molar-refractivity contribution in [2.24, 2.45) is 5.92 Å². The van der Waals surface area contributed by atoms with E-state index in [4.69, 9.17) is 5.11 Å².